The van der Waals surface area contributed by atoms with Gasteiger partial charge in [-0.3, -0.25) is 0 Å². The van der Waals surface area contributed by atoms with Crippen molar-refractivity contribution in [1.82, 2.24) is 0 Å². The minimum absolute atomic E-state index is 0.220. The molecule has 0 bridgehead atoms. The molecule has 0 aliphatic heterocycles. The highest BCUT2D eigenvalue weighted by atomic mass is 16.5. The van der Waals surface area contributed by atoms with E-state index in [0.717, 1.165) is 0 Å². The van der Waals surface area contributed by atoms with Crippen LogP contribution in [0.3, 0.4) is 0 Å². The Labute approximate surface area is 120 Å². The molecule has 1 saturated carbocycles. The van der Waals surface area contributed by atoms with Gasteiger partial charge in [0.05, 0.1) is 5.60 Å². The van der Waals surface area contributed by atoms with Crippen LogP contribution in [0, 0.1) is 0 Å². The summed E-state index contributed by atoms with van der Waals surface area (Å²) in [6, 6.07) is 0. The zero-order valence-electron chi connectivity index (χ0n) is 13.5. The van der Waals surface area contributed by atoms with Gasteiger partial charge >= 0.3 is 0 Å². The maximum absolute atomic E-state index is 5.38. The zero-order valence-corrected chi connectivity index (χ0v) is 13.5. The summed E-state index contributed by atoms with van der Waals surface area (Å²) in [5.41, 5.74) is 1.95. The molecule has 2 aliphatic rings. The zero-order chi connectivity index (χ0) is 14.0. The topological polar surface area (TPSA) is 9.23 Å². The maximum Gasteiger partial charge on any atom is 0.0650 e. The molecule has 1 heteroatoms. The minimum Gasteiger partial charge on any atom is -0.379 e. The quantitative estimate of drug-likeness (QED) is 0.564. The lowest BCUT2D eigenvalue weighted by Gasteiger charge is -2.31. The third-order valence-corrected chi connectivity index (χ3v) is 4.64. The van der Waals surface area contributed by atoms with Gasteiger partial charge in [-0.1, -0.05) is 44.3 Å². The van der Waals surface area contributed by atoms with Crippen molar-refractivity contribution in [2.75, 3.05) is 7.11 Å². The number of methoxy groups -OCH3 is 1. The van der Waals surface area contributed by atoms with Crippen LogP contribution < -0.4 is 0 Å². The fourth-order valence-electron chi connectivity index (χ4n) is 3.04. The van der Waals surface area contributed by atoms with Crippen LogP contribution >= 0.6 is 0 Å². The van der Waals surface area contributed by atoms with E-state index in [0.29, 0.717) is 0 Å². The fraction of sp³-hybridized carbons (Fsp3) is 0.889. The van der Waals surface area contributed by atoms with Crippen molar-refractivity contribution in [3.63, 3.8) is 0 Å². The van der Waals surface area contributed by atoms with Crippen molar-refractivity contribution < 1.29 is 4.74 Å². The van der Waals surface area contributed by atoms with E-state index in [1.165, 1.54) is 77.0 Å². The second kappa shape index (κ2) is 9.58. The van der Waals surface area contributed by atoms with E-state index >= 15 is 0 Å². The van der Waals surface area contributed by atoms with Crippen LogP contribution in [-0.4, -0.2) is 12.7 Å². The standard InChI is InChI=1S/C10H18.C8H16O/c1-2-3-7-10-8-5-4-6-9-10;1-8(9-2)6-4-3-5-7-8/h8H,2-7,9H2,1H3;3-7H2,1-2H3. The summed E-state index contributed by atoms with van der Waals surface area (Å²) in [6.07, 6.45) is 18.8. The molecule has 1 fully saturated rings. The molecule has 0 saturated heterocycles. The first kappa shape index (κ1) is 16.8. The number of ether oxygens (including phenoxy) is 1. The second-order valence-electron chi connectivity index (χ2n) is 6.43. The van der Waals surface area contributed by atoms with Gasteiger partial charge in [-0.15, -0.1) is 0 Å². The molecule has 0 amide bonds. The number of allylic oxidation sites excluding steroid dienone is 2. The van der Waals surface area contributed by atoms with Gasteiger partial charge in [0.2, 0.25) is 0 Å². The Kier molecular flexibility index (Phi) is 8.45. The monoisotopic (exact) mass is 266 g/mol. The largest absolute Gasteiger partial charge is 0.379 e. The third-order valence-electron chi connectivity index (χ3n) is 4.64. The van der Waals surface area contributed by atoms with E-state index in [-0.39, 0.29) is 5.60 Å². The molecule has 0 radical (unpaired) electrons. The lowest BCUT2D eigenvalue weighted by atomic mass is 9.86. The Morgan fingerprint density at radius 2 is 1.84 bits per heavy atom. The fourth-order valence-corrected chi connectivity index (χ4v) is 3.04. The first-order chi connectivity index (χ1) is 9.20. The van der Waals surface area contributed by atoms with Gasteiger partial charge in [0.15, 0.2) is 0 Å². The molecule has 0 spiro atoms. The van der Waals surface area contributed by atoms with Gasteiger partial charge in [-0.25, -0.2) is 0 Å². The molecule has 1 nitrogen and oxygen atoms in total. The second-order valence-corrected chi connectivity index (χ2v) is 6.43. The molecule has 0 aromatic heterocycles. The first-order valence-corrected chi connectivity index (χ1v) is 8.43. The molecule has 0 unspecified atom stereocenters. The molecule has 0 atom stereocenters. The van der Waals surface area contributed by atoms with Gasteiger partial charge in [0.1, 0.15) is 0 Å². The highest BCUT2D eigenvalue weighted by Gasteiger charge is 2.25. The van der Waals surface area contributed by atoms with Gasteiger partial charge < -0.3 is 4.74 Å². The summed E-state index contributed by atoms with van der Waals surface area (Å²) in [5, 5.41) is 0. The van der Waals surface area contributed by atoms with E-state index in [2.05, 4.69) is 19.9 Å². The summed E-state index contributed by atoms with van der Waals surface area (Å²) in [5.74, 6) is 0. The lowest BCUT2D eigenvalue weighted by molar-refractivity contribution is -0.0231. The smallest absolute Gasteiger partial charge is 0.0650 e. The summed E-state index contributed by atoms with van der Waals surface area (Å²) in [7, 11) is 1.82. The van der Waals surface area contributed by atoms with Gasteiger partial charge in [-0.2, -0.15) is 0 Å². The first-order valence-electron chi connectivity index (χ1n) is 8.43. The Bertz CT molecular complexity index is 248. The number of hydrogen-bond acceptors (Lipinski definition) is 1. The predicted molar refractivity (Wildman–Crippen MR) is 84.6 cm³/mol. The summed E-state index contributed by atoms with van der Waals surface area (Å²) in [6.45, 7) is 4.48. The number of rotatable bonds is 4. The predicted octanol–water partition coefficient (Wildman–Crippen LogP) is 6.03. The summed E-state index contributed by atoms with van der Waals surface area (Å²) < 4.78 is 5.38. The van der Waals surface area contributed by atoms with Crippen LogP contribution in [0.2, 0.25) is 0 Å². The van der Waals surface area contributed by atoms with E-state index in [4.69, 9.17) is 4.74 Å². The van der Waals surface area contributed by atoms with Crippen LogP contribution in [0.5, 0.6) is 0 Å². The maximum atomic E-state index is 5.38. The summed E-state index contributed by atoms with van der Waals surface area (Å²) >= 11 is 0. The summed E-state index contributed by atoms with van der Waals surface area (Å²) in [4.78, 5) is 0. The number of hydrogen-bond donors (Lipinski definition) is 0. The van der Waals surface area contributed by atoms with Crippen LogP contribution in [0.25, 0.3) is 0 Å². The highest BCUT2D eigenvalue weighted by molar-refractivity contribution is 5.04. The molecular weight excluding hydrogens is 232 g/mol. The molecule has 0 heterocycles. The molecule has 112 valence electrons. The molecular formula is C18H34O. The van der Waals surface area contributed by atoms with Crippen molar-refractivity contribution in [2.24, 2.45) is 0 Å². The van der Waals surface area contributed by atoms with Crippen LogP contribution in [0.15, 0.2) is 11.6 Å². The minimum atomic E-state index is 0.220. The Morgan fingerprint density at radius 1 is 1.11 bits per heavy atom. The van der Waals surface area contributed by atoms with Crippen LogP contribution in [-0.2, 0) is 4.74 Å². The SMILES string of the molecule is CCCCC1=CCCCC1.COC1(C)CCCCC1. The Hall–Kier alpha value is -0.300. The van der Waals surface area contributed by atoms with Crippen molar-refractivity contribution in [3.05, 3.63) is 11.6 Å². The molecule has 2 aliphatic carbocycles. The molecule has 0 N–H and O–H groups in total. The average molecular weight is 266 g/mol. The molecule has 2 rings (SSSR count). The Morgan fingerprint density at radius 3 is 2.32 bits per heavy atom. The average Bonchev–Trinajstić information content (AvgIpc) is 2.48. The van der Waals surface area contributed by atoms with Crippen molar-refractivity contribution in [3.8, 4) is 0 Å². The molecule has 0 aromatic rings. The molecule has 19 heavy (non-hydrogen) atoms. The van der Waals surface area contributed by atoms with Gasteiger partial charge in [0, 0.05) is 7.11 Å². The van der Waals surface area contributed by atoms with Gasteiger partial charge in [-0.05, 0) is 58.3 Å². The van der Waals surface area contributed by atoms with Crippen molar-refractivity contribution >= 4 is 0 Å². The van der Waals surface area contributed by atoms with E-state index in [9.17, 15) is 0 Å². The van der Waals surface area contributed by atoms with Gasteiger partial charge in [0.25, 0.3) is 0 Å². The lowest BCUT2D eigenvalue weighted by Crippen LogP contribution is -2.29. The van der Waals surface area contributed by atoms with E-state index < -0.39 is 0 Å². The van der Waals surface area contributed by atoms with Crippen molar-refractivity contribution in [2.45, 2.75) is 96.5 Å². The Balaban J connectivity index is 0.000000191. The van der Waals surface area contributed by atoms with E-state index in [1.54, 1.807) is 5.57 Å². The normalized spacial score (nSPS) is 22.2. The van der Waals surface area contributed by atoms with Crippen molar-refractivity contribution in [1.29, 1.82) is 0 Å². The third kappa shape index (κ3) is 7.15. The van der Waals surface area contributed by atoms with E-state index in [1.807, 2.05) is 7.11 Å². The highest BCUT2D eigenvalue weighted by Crippen LogP contribution is 2.29. The molecule has 0 aromatic carbocycles. The number of unbranched alkanes of at least 4 members (excludes halogenated alkanes) is 1. The van der Waals surface area contributed by atoms with Crippen LogP contribution in [0.1, 0.15) is 90.9 Å². The van der Waals surface area contributed by atoms with Crippen LogP contribution in [0.4, 0.5) is 0 Å².